The van der Waals surface area contributed by atoms with Gasteiger partial charge in [-0.2, -0.15) is 0 Å². The molecule has 2 N–H and O–H groups in total. The van der Waals surface area contributed by atoms with Gasteiger partial charge >= 0.3 is 0 Å². The molecule has 0 aliphatic carbocycles. The first-order valence-corrected chi connectivity index (χ1v) is 16.0. The third-order valence-electron chi connectivity index (χ3n) is 6.42. The van der Waals surface area contributed by atoms with Crippen molar-refractivity contribution in [1.82, 2.24) is 9.80 Å². The van der Waals surface area contributed by atoms with E-state index in [0.717, 1.165) is 30.5 Å². The van der Waals surface area contributed by atoms with Gasteiger partial charge in [0.2, 0.25) is 10.0 Å². The molecule has 0 saturated heterocycles. The third kappa shape index (κ3) is 15.1. The van der Waals surface area contributed by atoms with Gasteiger partial charge in [0, 0.05) is 43.9 Å². The van der Waals surface area contributed by atoms with E-state index in [4.69, 9.17) is 14.6 Å². The second-order valence-corrected chi connectivity index (χ2v) is 11.0. The fourth-order valence-electron chi connectivity index (χ4n) is 3.77. The standard InChI is InChI=1S/C27H43N3O5S.C4H10/c1-7-11-18-29(6)25(20-34-23-15-13-12-14-16-23)22(5)24(17-19-36(28,32)33)26(8-2)35-21-27(31)30(9-3)10-4;1-3-4-2/h8,12-17,19-20,22,24H,7,9-11,18,21H2,1-6H3,(H2,28,32,33);3-4H2,1-2H3/b19-17+,25-20-,26-8-;. The van der Waals surface area contributed by atoms with Crippen molar-refractivity contribution < 1.29 is 22.7 Å². The molecule has 9 heteroatoms. The number of nitrogens with zero attached hydrogens (tertiary/aromatic N) is 2. The number of amides is 1. The topological polar surface area (TPSA) is 102 Å². The Labute approximate surface area is 244 Å². The van der Waals surface area contributed by atoms with Crippen LogP contribution in [0.4, 0.5) is 0 Å². The molecule has 0 aliphatic heterocycles. The summed E-state index contributed by atoms with van der Waals surface area (Å²) in [6.07, 6.45) is 9.61. The molecule has 2 unspecified atom stereocenters. The van der Waals surface area contributed by atoms with Crippen LogP contribution in [0.1, 0.15) is 74.1 Å². The number of benzene rings is 1. The monoisotopic (exact) mass is 579 g/mol. The summed E-state index contributed by atoms with van der Waals surface area (Å²) in [4.78, 5) is 16.3. The van der Waals surface area contributed by atoms with Gasteiger partial charge in [-0.1, -0.05) is 71.2 Å². The van der Waals surface area contributed by atoms with Crippen molar-refractivity contribution in [2.24, 2.45) is 17.0 Å². The highest BCUT2D eigenvalue weighted by atomic mass is 32.2. The molecule has 1 amide bonds. The Balaban J connectivity index is 0.00000354. The van der Waals surface area contributed by atoms with Gasteiger partial charge in [0.25, 0.3) is 5.91 Å². The first-order valence-electron chi connectivity index (χ1n) is 14.4. The summed E-state index contributed by atoms with van der Waals surface area (Å²) in [6.45, 7) is 15.9. The SMILES string of the molecule is C/C=C(\OCC(=O)N(CC)CC)C(/C=C/S(N)(=O)=O)C(C)/C(=C/Oc1ccccc1)N(C)CCCC.CCCC. The molecule has 2 atom stereocenters. The minimum absolute atomic E-state index is 0.135. The quantitative estimate of drug-likeness (QED) is 0.218. The molecule has 0 bridgehead atoms. The number of para-hydroxylation sites is 1. The smallest absolute Gasteiger partial charge is 0.260 e. The maximum absolute atomic E-state index is 12.6. The fourth-order valence-corrected chi connectivity index (χ4v) is 4.16. The zero-order valence-corrected chi connectivity index (χ0v) is 26.7. The molecule has 0 aliphatic rings. The first kappa shape index (κ1) is 37.2. The van der Waals surface area contributed by atoms with Crippen molar-refractivity contribution in [2.45, 2.75) is 74.1 Å². The summed E-state index contributed by atoms with van der Waals surface area (Å²) >= 11 is 0. The molecule has 0 fully saturated rings. The molecule has 0 aromatic heterocycles. The van der Waals surface area contributed by atoms with E-state index in [0.29, 0.717) is 24.6 Å². The lowest BCUT2D eigenvalue weighted by Crippen LogP contribution is -2.34. The molecular weight excluding hydrogens is 526 g/mol. The number of unbranched alkanes of at least 4 members (excludes halogenated alkanes) is 2. The van der Waals surface area contributed by atoms with Crippen molar-refractivity contribution in [3.05, 3.63) is 65.6 Å². The van der Waals surface area contributed by atoms with E-state index in [1.807, 2.05) is 58.2 Å². The number of carbonyl (C=O) groups excluding carboxylic acids is 1. The number of sulfonamides is 1. The maximum Gasteiger partial charge on any atom is 0.260 e. The van der Waals surface area contributed by atoms with Crippen LogP contribution in [0.2, 0.25) is 0 Å². The number of hydrogen-bond donors (Lipinski definition) is 1. The summed E-state index contributed by atoms with van der Waals surface area (Å²) in [6, 6.07) is 9.43. The Morgan fingerprint density at radius 3 is 2.10 bits per heavy atom. The Hall–Kier alpha value is -2.78. The average Bonchev–Trinajstić information content (AvgIpc) is 2.94. The molecule has 1 aromatic carbocycles. The van der Waals surface area contributed by atoms with Crippen LogP contribution in [0.25, 0.3) is 0 Å². The van der Waals surface area contributed by atoms with Gasteiger partial charge in [0.05, 0.1) is 5.70 Å². The first-order chi connectivity index (χ1) is 19.0. The maximum atomic E-state index is 12.6. The van der Waals surface area contributed by atoms with Crippen LogP contribution < -0.4 is 9.88 Å². The molecule has 0 heterocycles. The molecule has 228 valence electrons. The van der Waals surface area contributed by atoms with Gasteiger partial charge < -0.3 is 19.3 Å². The van der Waals surface area contributed by atoms with Crippen LogP contribution in [-0.2, 0) is 19.6 Å². The van der Waals surface area contributed by atoms with E-state index >= 15 is 0 Å². The van der Waals surface area contributed by atoms with Crippen LogP contribution in [0.5, 0.6) is 5.75 Å². The number of ether oxygens (including phenoxy) is 2. The molecule has 1 rings (SSSR count). The third-order valence-corrected chi connectivity index (χ3v) is 6.96. The van der Waals surface area contributed by atoms with Crippen molar-refractivity contribution in [3.63, 3.8) is 0 Å². The summed E-state index contributed by atoms with van der Waals surface area (Å²) in [7, 11) is -1.89. The second-order valence-electron chi connectivity index (χ2n) is 9.53. The van der Waals surface area contributed by atoms with Crippen LogP contribution >= 0.6 is 0 Å². The largest absolute Gasteiger partial charge is 0.488 e. The Morgan fingerprint density at radius 2 is 1.62 bits per heavy atom. The highest BCUT2D eigenvalue weighted by Gasteiger charge is 2.27. The van der Waals surface area contributed by atoms with Gasteiger partial charge in [-0.3, -0.25) is 4.79 Å². The highest BCUT2D eigenvalue weighted by Crippen LogP contribution is 2.31. The van der Waals surface area contributed by atoms with E-state index in [-0.39, 0.29) is 18.4 Å². The Morgan fingerprint density at radius 1 is 1.02 bits per heavy atom. The lowest BCUT2D eigenvalue weighted by Gasteiger charge is -2.32. The molecule has 40 heavy (non-hydrogen) atoms. The lowest BCUT2D eigenvalue weighted by atomic mass is 9.88. The van der Waals surface area contributed by atoms with Gasteiger partial charge in [-0.15, -0.1) is 0 Å². The predicted octanol–water partition coefficient (Wildman–Crippen LogP) is 6.29. The lowest BCUT2D eigenvalue weighted by molar-refractivity contribution is -0.134. The zero-order valence-electron chi connectivity index (χ0n) is 25.9. The van der Waals surface area contributed by atoms with E-state index in [2.05, 4.69) is 25.7 Å². The number of hydrogen-bond acceptors (Lipinski definition) is 6. The van der Waals surface area contributed by atoms with Gasteiger partial charge in [0.1, 0.15) is 17.8 Å². The summed E-state index contributed by atoms with van der Waals surface area (Å²) in [5.41, 5.74) is 0.856. The number of allylic oxidation sites excluding steroid dienone is 3. The molecule has 0 saturated carbocycles. The van der Waals surface area contributed by atoms with Crippen molar-refractivity contribution in [2.75, 3.05) is 33.3 Å². The predicted molar refractivity (Wildman–Crippen MR) is 166 cm³/mol. The molecular formula is C31H53N3O5S. The molecule has 1 aromatic rings. The van der Waals surface area contributed by atoms with Crippen molar-refractivity contribution in [1.29, 1.82) is 0 Å². The average molecular weight is 580 g/mol. The summed E-state index contributed by atoms with van der Waals surface area (Å²) < 4.78 is 35.5. The second kappa shape index (κ2) is 21.0. The van der Waals surface area contributed by atoms with E-state index in [9.17, 15) is 13.2 Å². The number of likely N-dealkylation sites (N-methyl/N-ethyl adjacent to an activating group) is 1. The van der Waals surface area contributed by atoms with Crippen LogP contribution in [0.15, 0.2) is 65.6 Å². The molecule has 8 nitrogen and oxygen atoms in total. The van der Waals surface area contributed by atoms with Crippen LogP contribution in [0.3, 0.4) is 0 Å². The van der Waals surface area contributed by atoms with Crippen molar-refractivity contribution >= 4 is 15.9 Å². The van der Waals surface area contributed by atoms with E-state index in [1.54, 1.807) is 24.2 Å². The van der Waals surface area contributed by atoms with Crippen LogP contribution in [-0.4, -0.2) is 57.4 Å². The van der Waals surface area contributed by atoms with E-state index < -0.39 is 15.9 Å². The number of nitrogens with two attached hydrogens (primary N) is 1. The van der Waals surface area contributed by atoms with Gasteiger partial charge in [-0.25, -0.2) is 13.6 Å². The minimum atomic E-state index is -3.87. The summed E-state index contributed by atoms with van der Waals surface area (Å²) in [5, 5.41) is 6.26. The number of rotatable bonds is 17. The minimum Gasteiger partial charge on any atom is -0.488 e. The van der Waals surface area contributed by atoms with Gasteiger partial charge in [-0.05, 0) is 45.4 Å². The summed E-state index contributed by atoms with van der Waals surface area (Å²) in [5.74, 6) is 0.271. The van der Waals surface area contributed by atoms with Crippen molar-refractivity contribution in [3.8, 4) is 5.75 Å². The number of primary sulfonamides is 1. The van der Waals surface area contributed by atoms with Gasteiger partial charge in [0.15, 0.2) is 6.61 Å². The Bertz CT molecular complexity index is 1020. The normalized spacial score (nSPS) is 13.7. The molecule has 0 spiro atoms. The van der Waals surface area contributed by atoms with Crippen LogP contribution in [0, 0.1) is 11.8 Å². The van der Waals surface area contributed by atoms with E-state index in [1.165, 1.54) is 18.9 Å². The Kier molecular flexibility index (Phi) is 19.6. The fraction of sp³-hybridized carbons (Fsp3) is 0.581. The number of carbonyl (C=O) groups is 1. The molecule has 0 radical (unpaired) electrons. The zero-order chi connectivity index (χ0) is 30.6. The highest BCUT2D eigenvalue weighted by molar-refractivity contribution is 7.92.